The minimum Gasteiger partial charge on any atom is -0.338 e. The maximum absolute atomic E-state index is 13.2. The van der Waals surface area contributed by atoms with Gasteiger partial charge in [-0.1, -0.05) is 37.3 Å². The van der Waals surface area contributed by atoms with Crippen LogP contribution in [0.25, 0.3) is 10.8 Å². The quantitative estimate of drug-likeness (QED) is 0.603. The summed E-state index contributed by atoms with van der Waals surface area (Å²) >= 11 is 1.37. The van der Waals surface area contributed by atoms with E-state index in [1.165, 1.54) is 16.9 Å². The van der Waals surface area contributed by atoms with Crippen molar-refractivity contribution in [1.29, 1.82) is 0 Å². The number of carbonyl (C=O) groups excluding carboxylic acids is 1. The summed E-state index contributed by atoms with van der Waals surface area (Å²) in [4.78, 5) is 28.8. The molecule has 1 atom stereocenters. The maximum atomic E-state index is 13.2. The number of benzene rings is 1. The topological polar surface area (TPSA) is 59.0 Å². The van der Waals surface area contributed by atoms with Crippen LogP contribution in [-0.2, 0) is 0 Å². The summed E-state index contributed by atoms with van der Waals surface area (Å²) in [7, 11) is 0. The van der Waals surface area contributed by atoms with E-state index in [1.54, 1.807) is 18.5 Å². The molecule has 1 unspecified atom stereocenters. The van der Waals surface area contributed by atoms with Crippen LogP contribution in [0, 0.1) is 6.92 Å². The Balaban J connectivity index is 1.82. The number of thiazole rings is 1. The van der Waals surface area contributed by atoms with Crippen molar-refractivity contribution in [2.24, 2.45) is 0 Å². The zero-order chi connectivity index (χ0) is 19.2. The van der Waals surface area contributed by atoms with Gasteiger partial charge in [0.25, 0.3) is 5.91 Å². The van der Waals surface area contributed by atoms with E-state index in [-0.39, 0.29) is 5.91 Å². The van der Waals surface area contributed by atoms with Gasteiger partial charge in [-0.25, -0.2) is 15.0 Å². The predicted molar refractivity (Wildman–Crippen MR) is 109 cm³/mol. The van der Waals surface area contributed by atoms with Crippen LogP contribution in [0.2, 0.25) is 0 Å². The number of hydrogen-bond donors (Lipinski definition) is 0. The van der Waals surface area contributed by atoms with Crippen LogP contribution >= 0.6 is 11.3 Å². The molecular formula is C21H24N4OS. The second kappa shape index (κ2) is 8.86. The molecule has 0 bridgehead atoms. The maximum Gasteiger partial charge on any atom is 0.265 e. The Bertz CT molecular complexity index is 880. The number of rotatable bonds is 7. The van der Waals surface area contributed by atoms with E-state index in [4.69, 9.17) is 0 Å². The highest BCUT2D eigenvalue weighted by atomic mass is 32.1. The second-order valence-electron chi connectivity index (χ2n) is 6.37. The lowest BCUT2D eigenvalue weighted by molar-refractivity contribution is 0.0757. The highest BCUT2D eigenvalue weighted by molar-refractivity contribution is 7.17. The third-order valence-corrected chi connectivity index (χ3v) is 5.76. The van der Waals surface area contributed by atoms with Gasteiger partial charge in [0.2, 0.25) is 0 Å². The zero-order valence-corrected chi connectivity index (χ0v) is 16.7. The van der Waals surface area contributed by atoms with Crippen LogP contribution in [0.5, 0.6) is 0 Å². The molecule has 0 N–H and O–H groups in total. The number of amides is 1. The lowest BCUT2D eigenvalue weighted by atomic mass is 9.96. The third-order valence-electron chi connectivity index (χ3n) is 4.62. The van der Waals surface area contributed by atoms with E-state index in [0.29, 0.717) is 34.7 Å². The smallest absolute Gasteiger partial charge is 0.265 e. The molecule has 0 aliphatic heterocycles. The molecule has 0 saturated carbocycles. The number of carbonyl (C=O) groups is 1. The van der Waals surface area contributed by atoms with Crippen molar-refractivity contribution in [3.63, 3.8) is 0 Å². The molecule has 27 heavy (non-hydrogen) atoms. The van der Waals surface area contributed by atoms with Crippen molar-refractivity contribution in [3.05, 3.63) is 64.9 Å². The van der Waals surface area contributed by atoms with Crippen LogP contribution in [0.15, 0.2) is 48.8 Å². The zero-order valence-electron chi connectivity index (χ0n) is 15.9. The molecule has 2 heterocycles. The van der Waals surface area contributed by atoms with Crippen molar-refractivity contribution in [2.75, 3.05) is 13.1 Å². The molecule has 0 fully saturated rings. The van der Waals surface area contributed by atoms with E-state index < -0.39 is 0 Å². The van der Waals surface area contributed by atoms with Gasteiger partial charge in [0.15, 0.2) is 10.8 Å². The minimum atomic E-state index is 0.0315. The molecule has 5 nitrogen and oxygen atoms in total. The summed E-state index contributed by atoms with van der Waals surface area (Å²) in [6.07, 6.45) is 4.35. The van der Waals surface area contributed by atoms with Gasteiger partial charge in [-0.05, 0) is 31.9 Å². The van der Waals surface area contributed by atoms with Crippen molar-refractivity contribution in [3.8, 4) is 10.8 Å². The molecule has 0 aliphatic rings. The average molecular weight is 381 g/mol. The highest BCUT2D eigenvalue weighted by Crippen LogP contribution is 2.28. The molecule has 6 heteroatoms. The Kier molecular flexibility index (Phi) is 6.29. The molecule has 0 saturated heterocycles. The lowest BCUT2D eigenvalue weighted by Crippen LogP contribution is -2.34. The number of aromatic nitrogens is 3. The van der Waals surface area contributed by atoms with Crippen LogP contribution in [-0.4, -0.2) is 38.8 Å². The summed E-state index contributed by atoms with van der Waals surface area (Å²) in [5.41, 5.74) is 2.00. The van der Waals surface area contributed by atoms with Crippen molar-refractivity contribution in [1.82, 2.24) is 19.9 Å². The number of aryl methyl sites for hydroxylation is 1. The van der Waals surface area contributed by atoms with Crippen molar-refractivity contribution in [2.45, 2.75) is 33.1 Å². The lowest BCUT2D eigenvalue weighted by Gasteiger charge is -2.26. The van der Waals surface area contributed by atoms with Gasteiger partial charge < -0.3 is 4.90 Å². The molecule has 140 valence electrons. The first-order chi connectivity index (χ1) is 13.1. The first-order valence-electron chi connectivity index (χ1n) is 9.23. The summed E-state index contributed by atoms with van der Waals surface area (Å²) in [6, 6.07) is 12.2. The van der Waals surface area contributed by atoms with Crippen LogP contribution < -0.4 is 0 Å². The molecule has 3 rings (SSSR count). The number of likely N-dealkylation sites (N-methyl/N-ethyl adjacent to an activating group) is 1. The Labute approximate surface area is 164 Å². The van der Waals surface area contributed by atoms with Gasteiger partial charge in [0, 0.05) is 31.4 Å². The first kappa shape index (κ1) is 19.2. The van der Waals surface area contributed by atoms with E-state index in [2.05, 4.69) is 46.1 Å². The predicted octanol–water partition coefficient (Wildman–Crippen LogP) is 4.56. The van der Waals surface area contributed by atoms with Gasteiger partial charge in [-0.3, -0.25) is 4.79 Å². The molecule has 2 aromatic heterocycles. The number of hydrogen-bond acceptors (Lipinski definition) is 5. The second-order valence-corrected chi connectivity index (χ2v) is 7.36. The van der Waals surface area contributed by atoms with Crippen LogP contribution in [0.3, 0.4) is 0 Å². The van der Waals surface area contributed by atoms with E-state index in [9.17, 15) is 4.79 Å². The molecule has 3 aromatic rings. The molecule has 0 spiro atoms. The molecule has 0 radical (unpaired) electrons. The van der Waals surface area contributed by atoms with Gasteiger partial charge >= 0.3 is 0 Å². The summed E-state index contributed by atoms with van der Waals surface area (Å²) in [5, 5.41) is 0.683. The molecule has 1 amide bonds. The van der Waals surface area contributed by atoms with Gasteiger partial charge in [0.1, 0.15) is 4.88 Å². The Morgan fingerprint density at radius 1 is 1.11 bits per heavy atom. The third kappa shape index (κ3) is 4.39. The van der Waals surface area contributed by atoms with Gasteiger partial charge in [-0.2, -0.15) is 0 Å². The molecular weight excluding hydrogens is 356 g/mol. The Morgan fingerprint density at radius 2 is 1.81 bits per heavy atom. The average Bonchev–Trinajstić information content (AvgIpc) is 3.11. The minimum absolute atomic E-state index is 0.0315. The monoisotopic (exact) mass is 380 g/mol. The van der Waals surface area contributed by atoms with Crippen molar-refractivity contribution < 1.29 is 4.79 Å². The number of nitrogens with zero attached hydrogens (tertiary/aromatic N) is 4. The Morgan fingerprint density at radius 3 is 2.44 bits per heavy atom. The fourth-order valence-electron chi connectivity index (χ4n) is 3.06. The molecule has 1 aromatic carbocycles. The van der Waals surface area contributed by atoms with Gasteiger partial charge in [-0.15, -0.1) is 11.3 Å². The SMILES string of the molecule is CCC(CN(CC)C(=O)c1sc(-c2ncccn2)nc1C)c1ccccc1. The fraction of sp³-hybridized carbons (Fsp3) is 0.333. The summed E-state index contributed by atoms with van der Waals surface area (Å²) in [5.74, 6) is 0.910. The summed E-state index contributed by atoms with van der Waals surface area (Å²) in [6.45, 7) is 7.42. The standard InChI is InChI=1S/C21H24N4OS/c1-4-16(17-10-7-6-8-11-17)14-25(5-2)21(26)18-15(3)24-20(27-18)19-22-12-9-13-23-19/h6-13,16H,4-5,14H2,1-3H3. The summed E-state index contributed by atoms with van der Waals surface area (Å²) < 4.78 is 0. The Hall–Kier alpha value is -2.60. The molecule has 0 aliphatic carbocycles. The normalized spacial score (nSPS) is 12.0. The van der Waals surface area contributed by atoms with Gasteiger partial charge in [0.05, 0.1) is 5.69 Å². The van der Waals surface area contributed by atoms with E-state index in [1.807, 2.05) is 24.8 Å². The largest absolute Gasteiger partial charge is 0.338 e. The highest BCUT2D eigenvalue weighted by Gasteiger charge is 2.24. The van der Waals surface area contributed by atoms with E-state index >= 15 is 0 Å². The first-order valence-corrected chi connectivity index (χ1v) is 10.0. The fourth-order valence-corrected chi connectivity index (χ4v) is 4.04. The van der Waals surface area contributed by atoms with Crippen molar-refractivity contribution >= 4 is 17.2 Å². The van der Waals surface area contributed by atoms with Crippen LogP contribution in [0.4, 0.5) is 0 Å². The van der Waals surface area contributed by atoms with E-state index in [0.717, 1.165) is 12.1 Å². The van der Waals surface area contributed by atoms with Crippen LogP contribution in [0.1, 0.15) is 47.1 Å².